The fourth-order valence-electron chi connectivity index (χ4n) is 3.49. The van der Waals surface area contributed by atoms with Gasteiger partial charge in [0, 0.05) is 12.6 Å². The lowest BCUT2D eigenvalue weighted by Crippen LogP contribution is -2.46. The lowest BCUT2D eigenvalue weighted by molar-refractivity contribution is 0.0398. The highest BCUT2D eigenvalue weighted by Crippen LogP contribution is 2.38. The van der Waals surface area contributed by atoms with Gasteiger partial charge < -0.3 is 10.4 Å². The maximum Gasteiger partial charge on any atom is 0.0743 e. The van der Waals surface area contributed by atoms with E-state index >= 15 is 0 Å². The van der Waals surface area contributed by atoms with Crippen molar-refractivity contribution in [3.05, 3.63) is 0 Å². The quantitative estimate of drug-likeness (QED) is 0.773. The number of nitrogens with one attached hydrogen (secondary N) is 1. The summed E-state index contributed by atoms with van der Waals surface area (Å²) in [5.41, 5.74) is -0.0917. The van der Waals surface area contributed by atoms with Crippen LogP contribution in [0.25, 0.3) is 0 Å². The molecule has 1 fully saturated rings. The molecule has 0 spiro atoms. The van der Waals surface area contributed by atoms with Gasteiger partial charge in [-0.3, -0.25) is 0 Å². The summed E-state index contributed by atoms with van der Waals surface area (Å²) in [5.74, 6) is 0.798. The van der Waals surface area contributed by atoms with Crippen LogP contribution in [0.1, 0.15) is 66.7 Å². The second kappa shape index (κ2) is 5.71. The zero-order chi connectivity index (χ0) is 13.1. The van der Waals surface area contributed by atoms with E-state index in [0.717, 1.165) is 25.3 Å². The highest BCUT2D eigenvalue weighted by atomic mass is 16.3. The number of rotatable bonds is 5. The van der Waals surface area contributed by atoms with Crippen molar-refractivity contribution in [3.8, 4) is 0 Å². The standard InChI is InChI=1S/C15H31NO/c1-6-7-15(5,17)11-16-13-8-12(2)9-14(3,4)10-13/h12-13,16-17H,6-11H2,1-5H3. The van der Waals surface area contributed by atoms with Crippen LogP contribution in [-0.4, -0.2) is 23.3 Å². The Morgan fingerprint density at radius 3 is 2.53 bits per heavy atom. The molecule has 2 nitrogen and oxygen atoms in total. The Labute approximate surface area is 107 Å². The van der Waals surface area contributed by atoms with Crippen molar-refractivity contribution in [3.63, 3.8) is 0 Å². The molecular formula is C15H31NO. The molecular weight excluding hydrogens is 210 g/mol. The molecule has 0 aromatic rings. The van der Waals surface area contributed by atoms with Crippen LogP contribution in [0.4, 0.5) is 0 Å². The SMILES string of the molecule is CCCC(C)(O)CNC1CC(C)CC(C)(C)C1. The summed E-state index contributed by atoms with van der Waals surface area (Å²) < 4.78 is 0. The lowest BCUT2D eigenvalue weighted by Gasteiger charge is -2.40. The van der Waals surface area contributed by atoms with E-state index in [-0.39, 0.29) is 0 Å². The molecule has 0 aromatic carbocycles. The highest BCUT2D eigenvalue weighted by Gasteiger charge is 2.32. The first kappa shape index (κ1) is 15.0. The molecule has 0 bridgehead atoms. The molecule has 1 aliphatic rings. The smallest absolute Gasteiger partial charge is 0.0743 e. The Balaban J connectivity index is 2.41. The van der Waals surface area contributed by atoms with Crippen molar-refractivity contribution >= 4 is 0 Å². The van der Waals surface area contributed by atoms with Crippen LogP contribution in [0.15, 0.2) is 0 Å². The first-order chi connectivity index (χ1) is 7.74. The van der Waals surface area contributed by atoms with Crippen LogP contribution in [0.2, 0.25) is 0 Å². The van der Waals surface area contributed by atoms with Gasteiger partial charge in [-0.1, -0.05) is 34.1 Å². The Bertz CT molecular complexity index is 235. The molecule has 3 unspecified atom stereocenters. The second-order valence-corrected chi connectivity index (χ2v) is 7.24. The highest BCUT2D eigenvalue weighted by molar-refractivity contribution is 4.88. The van der Waals surface area contributed by atoms with E-state index in [4.69, 9.17) is 0 Å². The number of hydrogen-bond donors (Lipinski definition) is 2. The molecule has 3 atom stereocenters. The van der Waals surface area contributed by atoms with Gasteiger partial charge in [0.1, 0.15) is 0 Å². The predicted molar refractivity (Wildman–Crippen MR) is 74.1 cm³/mol. The van der Waals surface area contributed by atoms with Gasteiger partial charge in [0.15, 0.2) is 0 Å². The average Bonchev–Trinajstić information content (AvgIpc) is 2.11. The van der Waals surface area contributed by atoms with Crippen molar-refractivity contribution in [1.29, 1.82) is 0 Å². The van der Waals surface area contributed by atoms with E-state index in [1.54, 1.807) is 0 Å². The van der Waals surface area contributed by atoms with Crippen molar-refractivity contribution in [1.82, 2.24) is 5.32 Å². The van der Waals surface area contributed by atoms with E-state index in [0.29, 0.717) is 11.5 Å². The van der Waals surface area contributed by atoms with Gasteiger partial charge in [-0.15, -0.1) is 0 Å². The summed E-state index contributed by atoms with van der Waals surface area (Å²) in [6, 6.07) is 0.581. The van der Waals surface area contributed by atoms with Gasteiger partial charge >= 0.3 is 0 Å². The maximum absolute atomic E-state index is 10.2. The molecule has 1 rings (SSSR count). The summed E-state index contributed by atoms with van der Waals surface area (Å²) in [4.78, 5) is 0. The van der Waals surface area contributed by atoms with Gasteiger partial charge in [-0.25, -0.2) is 0 Å². The van der Waals surface area contributed by atoms with Crippen molar-refractivity contribution in [2.24, 2.45) is 11.3 Å². The first-order valence-electron chi connectivity index (χ1n) is 7.20. The minimum atomic E-state index is -0.542. The van der Waals surface area contributed by atoms with Crippen molar-refractivity contribution in [2.75, 3.05) is 6.54 Å². The van der Waals surface area contributed by atoms with Crippen molar-refractivity contribution in [2.45, 2.75) is 78.4 Å². The van der Waals surface area contributed by atoms with Gasteiger partial charge in [-0.05, 0) is 43.9 Å². The molecule has 0 amide bonds. The molecule has 0 aromatic heterocycles. The van der Waals surface area contributed by atoms with Crippen LogP contribution >= 0.6 is 0 Å². The van der Waals surface area contributed by atoms with Crippen LogP contribution < -0.4 is 5.32 Å². The Kier molecular flexibility index (Phi) is 5.03. The van der Waals surface area contributed by atoms with E-state index in [9.17, 15) is 5.11 Å². The Morgan fingerprint density at radius 1 is 1.35 bits per heavy atom. The summed E-state index contributed by atoms with van der Waals surface area (Å²) in [6.45, 7) is 11.9. The monoisotopic (exact) mass is 241 g/mol. The number of aliphatic hydroxyl groups is 1. The molecule has 17 heavy (non-hydrogen) atoms. The molecule has 0 radical (unpaired) electrons. The largest absolute Gasteiger partial charge is 0.389 e. The molecule has 0 saturated heterocycles. The predicted octanol–water partition coefficient (Wildman–Crippen LogP) is 3.34. The fraction of sp³-hybridized carbons (Fsp3) is 1.00. The first-order valence-corrected chi connectivity index (χ1v) is 7.20. The molecule has 2 N–H and O–H groups in total. The summed E-state index contributed by atoms with van der Waals surface area (Å²) >= 11 is 0. The molecule has 1 saturated carbocycles. The third kappa shape index (κ3) is 5.39. The van der Waals surface area contributed by atoms with Crippen molar-refractivity contribution < 1.29 is 5.11 Å². The Morgan fingerprint density at radius 2 is 2.00 bits per heavy atom. The summed E-state index contributed by atoms with van der Waals surface area (Å²) in [7, 11) is 0. The third-order valence-corrected chi connectivity index (χ3v) is 3.95. The molecule has 2 heteroatoms. The normalized spacial score (nSPS) is 32.1. The minimum absolute atomic E-state index is 0.450. The van der Waals surface area contributed by atoms with Gasteiger partial charge in [0.2, 0.25) is 0 Å². The van der Waals surface area contributed by atoms with Crippen LogP contribution in [0, 0.1) is 11.3 Å². The summed E-state index contributed by atoms with van der Waals surface area (Å²) in [6.07, 6.45) is 5.74. The van der Waals surface area contributed by atoms with E-state index < -0.39 is 5.60 Å². The minimum Gasteiger partial charge on any atom is -0.389 e. The van der Waals surface area contributed by atoms with Crippen LogP contribution in [0.5, 0.6) is 0 Å². The number of hydrogen-bond acceptors (Lipinski definition) is 2. The topological polar surface area (TPSA) is 32.3 Å². The maximum atomic E-state index is 10.2. The molecule has 1 aliphatic carbocycles. The van der Waals surface area contributed by atoms with Gasteiger partial charge in [0.05, 0.1) is 5.60 Å². The zero-order valence-corrected chi connectivity index (χ0v) is 12.3. The second-order valence-electron chi connectivity index (χ2n) is 7.24. The molecule has 102 valence electrons. The van der Waals surface area contributed by atoms with Gasteiger partial charge in [-0.2, -0.15) is 0 Å². The fourth-order valence-corrected chi connectivity index (χ4v) is 3.49. The zero-order valence-electron chi connectivity index (χ0n) is 12.3. The third-order valence-electron chi connectivity index (χ3n) is 3.95. The average molecular weight is 241 g/mol. The lowest BCUT2D eigenvalue weighted by atomic mass is 9.70. The van der Waals surface area contributed by atoms with Gasteiger partial charge in [0.25, 0.3) is 0 Å². The van der Waals surface area contributed by atoms with E-state index in [2.05, 4.69) is 33.0 Å². The van der Waals surface area contributed by atoms with Crippen LogP contribution in [0.3, 0.4) is 0 Å². The van der Waals surface area contributed by atoms with E-state index in [1.165, 1.54) is 19.3 Å². The molecule has 0 aliphatic heterocycles. The summed E-state index contributed by atoms with van der Waals surface area (Å²) in [5, 5.41) is 13.8. The molecule has 0 heterocycles. The van der Waals surface area contributed by atoms with E-state index in [1.807, 2.05) is 6.92 Å². The van der Waals surface area contributed by atoms with Crippen LogP contribution in [-0.2, 0) is 0 Å². The Hall–Kier alpha value is -0.0800.